The normalized spacial score (nSPS) is 19.7. The molecule has 118 valence electrons. The van der Waals surface area contributed by atoms with E-state index in [2.05, 4.69) is 49.8 Å². The van der Waals surface area contributed by atoms with E-state index < -0.39 is 0 Å². The Balaban J connectivity index is 2.50. The minimum absolute atomic E-state index is 0.0674. The lowest BCUT2D eigenvalue weighted by molar-refractivity contribution is 0.0924. The van der Waals surface area contributed by atoms with Crippen molar-refractivity contribution in [1.29, 1.82) is 0 Å². The predicted octanol–water partition coefficient (Wildman–Crippen LogP) is 2.74. The first kappa shape index (κ1) is 16.0. The van der Waals surface area contributed by atoms with Crippen LogP contribution < -0.4 is 10.2 Å². The van der Waals surface area contributed by atoms with Crippen LogP contribution in [0, 0.1) is 6.92 Å². The number of nitrogens with one attached hydrogen (secondary N) is 1. The first-order chi connectivity index (χ1) is 9.88. The van der Waals surface area contributed by atoms with Crippen LogP contribution in [0.2, 0.25) is 0 Å². The maximum Gasteiger partial charge on any atom is 0.138 e. The van der Waals surface area contributed by atoms with E-state index in [0.29, 0.717) is 6.04 Å². The second-order valence-electron chi connectivity index (χ2n) is 6.67. The van der Waals surface area contributed by atoms with E-state index in [1.165, 1.54) is 0 Å². The van der Waals surface area contributed by atoms with E-state index in [-0.39, 0.29) is 5.41 Å². The van der Waals surface area contributed by atoms with Gasteiger partial charge in [-0.3, -0.25) is 0 Å². The summed E-state index contributed by atoms with van der Waals surface area (Å²) in [7, 11) is 1.92. The molecule has 1 aromatic heterocycles. The summed E-state index contributed by atoms with van der Waals surface area (Å²) in [5, 5.41) is 3.21. The molecule has 5 nitrogen and oxygen atoms in total. The number of rotatable bonds is 3. The molecule has 1 atom stereocenters. The lowest BCUT2D eigenvalue weighted by Gasteiger charge is -2.37. The molecule has 0 saturated carbocycles. The zero-order chi connectivity index (χ0) is 15.6. The maximum atomic E-state index is 5.62. The van der Waals surface area contributed by atoms with Crippen LogP contribution in [0.25, 0.3) is 0 Å². The summed E-state index contributed by atoms with van der Waals surface area (Å²) in [5.41, 5.74) is 1.05. The third-order valence-corrected chi connectivity index (χ3v) is 4.00. The van der Waals surface area contributed by atoms with Crippen molar-refractivity contribution in [2.45, 2.75) is 52.5 Å². The smallest absolute Gasteiger partial charge is 0.138 e. The molecular weight excluding hydrogens is 264 g/mol. The molecule has 1 fully saturated rings. The third kappa shape index (κ3) is 3.28. The zero-order valence-electron chi connectivity index (χ0n) is 14.2. The van der Waals surface area contributed by atoms with Crippen molar-refractivity contribution in [3.63, 3.8) is 0 Å². The summed E-state index contributed by atoms with van der Waals surface area (Å²) < 4.78 is 5.62. The Morgan fingerprint density at radius 3 is 2.62 bits per heavy atom. The first-order valence-corrected chi connectivity index (χ1v) is 7.79. The number of aromatic nitrogens is 2. The fourth-order valence-electron chi connectivity index (χ4n) is 2.64. The highest BCUT2D eigenvalue weighted by Gasteiger charge is 2.28. The number of nitrogens with zero attached hydrogens (tertiary/aromatic N) is 3. The molecule has 5 heteroatoms. The average Bonchev–Trinajstić information content (AvgIpc) is 2.46. The summed E-state index contributed by atoms with van der Waals surface area (Å²) in [6.07, 6.45) is 1.06. The monoisotopic (exact) mass is 292 g/mol. The van der Waals surface area contributed by atoms with Gasteiger partial charge in [0.15, 0.2) is 0 Å². The maximum absolute atomic E-state index is 5.62. The quantitative estimate of drug-likeness (QED) is 0.928. The van der Waals surface area contributed by atoms with Gasteiger partial charge in [-0.15, -0.1) is 0 Å². The van der Waals surface area contributed by atoms with Crippen LogP contribution in [-0.2, 0) is 10.2 Å². The molecule has 2 heterocycles. The van der Waals surface area contributed by atoms with Crippen LogP contribution in [0.1, 0.15) is 45.5 Å². The summed E-state index contributed by atoms with van der Waals surface area (Å²) in [5.74, 6) is 2.86. The van der Waals surface area contributed by atoms with Crippen LogP contribution in [-0.4, -0.2) is 42.8 Å². The molecule has 0 amide bonds. The van der Waals surface area contributed by atoms with Gasteiger partial charge in [0.05, 0.1) is 19.3 Å². The highest BCUT2D eigenvalue weighted by molar-refractivity contribution is 5.59. The number of anilines is 2. The average molecular weight is 292 g/mol. The van der Waals surface area contributed by atoms with Gasteiger partial charge in [0.1, 0.15) is 17.5 Å². The Labute approximate surface area is 128 Å². The van der Waals surface area contributed by atoms with E-state index >= 15 is 0 Å². The lowest BCUT2D eigenvalue weighted by Crippen LogP contribution is -2.46. The van der Waals surface area contributed by atoms with Crippen molar-refractivity contribution in [2.24, 2.45) is 0 Å². The van der Waals surface area contributed by atoms with E-state index in [9.17, 15) is 0 Å². The standard InChI is InChI=1S/C16H28N4O/c1-7-12-10-21-9-8-20(12)14-11(2)13(17-6)18-15(19-14)16(3,4)5/h12H,7-10H2,1-6H3,(H,17,18,19). The molecule has 1 unspecified atom stereocenters. The van der Waals surface area contributed by atoms with Crippen molar-refractivity contribution >= 4 is 11.6 Å². The molecule has 1 aromatic rings. The van der Waals surface area contributed by atoms with Gasteiger partial charge in [-0.05, 0) is 13.3 Å². The second-order valence-corrected chi connectivity index (χ2v) is 6.67. The van der Waals surface area contributed by atoms with Crippen LogP contribution in [0.3, 0.4) is 0 Å². The topological polar surface area (TPSA) is 50.3 Å². The minimum atomic E-state index is -0.0674. The molecule has 0 spiro atoms. The van der Waals surface area contributed by atoms with Crippen LogP contribution in [0.5, 0.6) is 0 Å². The molecule has 0 bridgehead atoms. The summed E-state index contributed by atoms with van der Waals surface area (Å²) >= 11 is 0. The lowest BCUT2D eigenvalue weighted by atomic mass is 9.95. The van der Waals surface area contributed by atoms with E-state index in [1.54, 1.807) is 0 Å². The van der Waals surface area contributed by atoms with Crippen LogP contribution in [0.15, 0.2) is 0 Å². The molecule has 21 heavy (non-hydrogen) atoms. The van der Waals surface area contributed by atoms with Gasteiger partial charge in [-0.1, -0.05) is 27.7 Å². The largest absolute Gasteiger partial charge is 0.377 e. The fraction of sp³-hybridized carbons (Fsp3) is 0.750. The molecule has 0 aliphatic carbocycles. The number of ether oxygens (including phenoxy) is 1. The van der Waals surface area contributed by atoms with Crippen molar-refractivity contribution in [2.75, 3.05) is 37.0 Å². The third-order valence-electron chi connectivity index (χ3n) is 4.00. The van der Waals surface area contributed by atoms with E-state index in [0.717, 1.165) is 49.2 Å². The van der Waals surface area contributed by atoms with Crippen molar-refractivity contribution in [3.8, 4) is 0 Å². The van der Waals surface area contributed by atoms with Crippen LogP contribution in [0.4, 0.5) is 11.6 Å². The summed E-state index contributed by atoms with van der Waals surface area (Å²) in [6, 6.07) is 0.393. The molecular formula is C16H28N4O. The number of morpholine rings is 1. The Morgan fingerprint density at radius 2 is 2.05 bits per heavy atom. The van der Waals surface area contributed by atoms with Gasteiger partial charge in [0, 0.05) is 24.6 Å². The Morgan fingerprint density at radius 1 is 1.33 bits per heavy atom. The minimum Gasteiger partial charge on any atom is -0.377 e. The molecule has 0 aromatic carbocycles. The van der Waals surface area contributed by atoms with Gasteiger partial charge >= 0.3 is 0 Å². The highest BCUT2D eigenvalue weighted by Crippen LogP contribution is 2.30. The number of hydrogen-bond acceptors (Lipinski definition) is 5. The van der Waals surface area contributed by atoms with Crippen molar-refractivity contribution in [1.82, 2.24) is 9.97 Å². The Hall–Kier alpha value is -1.36. The van der Waals surface area contributed by atoms with Crippen molar-refractivity contribution < 1.29 is 4.74 Å². The molecule has 1 aliphatic rings. The first-order valence-electron chi connectivity index (χ1n) is 7.79. The van der Waals surface area contributed by atoms with E-state index in [4.69, 9.17) is 9.72 Å². The predicted molar refractivity (Wildman–Crippen MR) is 87.3 cm³/mol. The molecule has 1 saturated heterocycles. The molecule has 2 rings (SSSR count). The van der Waals surface area contributed by atoms with Crippen LogP contribution >= 0.6 is 0 Å². The second kappa shape index (κ2) is 6.18. The summed E-state index contributed by atoms with van der Waals surface area (Å²) in [6.45, 7) is 13.2. The molecule has 1 aliphatic heterocycles. The van der Waals surface area contributed by atoms with Gasteiger partial charge < -0.3 is 15.0 Å². The Bertz CT molecular complexity index is 496. The molecule has 1 N–H and O–H groups in total. The van der Waals surface area contributed by atoms with Gasteiger partial charge in [-0.25, -0.2) is 9.97 Å². The number of hydrogen-bond donors (Lipinski definition) is 1. The van der Waals surface area contributed by atoms with E-state index in [1.807, 2.05) is 7.05 Å². The zero-order valence-corrected chi connectivity index (χ0v) is 14.2. The fourth-order valence-corrected chi connectivity index (χ4v) is 2.64. The van der Waals surface area contributed by atoms with Gasteiger partial charge in [-0.2, -0.15) is 0 Å². The molecule has 0 radical (unpaired) electrons. The van der Waals surface area contributed by atoms with Gasteiger partial charge in [0.2, 0.25) is 0 Å². The SMILES string of the molecule is CCC1COCCN1c1nc(C(C)(C)C)nc(NC)c1C. The summed E-state index contributed by atoms with van der Waals surface area (Å²) in [4.78, 5) is 12.0. The van der Waals surface area contributed by atoms with Crippen molar-refractivity contribution in [3.05, 3.63) is 11.4 Å². The Kier molecular flexibility index (Phi) is 4.71. The van der Waals surface area contributed by atoms with Gasteiger partial charge in [0.25, 0.3) is 0 Å². The highest BCUT2D eigenvalue weighted by atomic mass is 16.5.